The number of nitrogens with zero attached hydrogens (tertiary/aromatic N) is 1. The summed E-state index contributed by atoms with van der Waals surface area (Å²) in [4.78, 5) is 4.42. The summed E-state index contributed by atoms with van der Waals surface area (Å²) in [6.07, 6.45) is 3.82. The molecule has 17 heavy (non-hydrogen) atoms. The molecule has 1 unspecified atom stereocenters. The molecule has 0 aliphatic carbocycles. The average molecular weight is 251 g/mol. The van der Waals surface area contributed by atoms with Crippen molar-refractivity contribution in [1.82, 2.24) is 10.4 Å². The number of nitrogens with two attached hydrogens (primary N) is 1. The van der Waals surface area contributed by atoms with E-state index in [-0.39, 0.29) is 6.04 Å². The first-order chi connectivity index (χ1) is 8.35. The molecule has 0 saturated carbocycles. The number of hydrogen-bond donors (Lipinski definition) is 2. The lowest BCUT2D eigenvalue weighted by molar-refractivity contribution is 0.189. The number of aromatic nitrogens is 1. The fraction of sp³-hybridized carbons (Fsp3) is 0.417. The van der Waals surface area contributed by atoms with E-state index in [1.54, 1.807) is 18.4 Å². The summed E-state index contributed by atoms with van der Waals surface area (Å²) in [5.74, 6) is 5.59. The first kappa shape index (κ1) is 12.4. The van der Waals surface area contributed by atoms with Gasteiger partial charge < -0.3 is 4.74 Å². The van der Waals surface area contributed by atoms with E-state index < -0.39 is 0 Å². The molecule has 92 valence electrons. The summed E-state index contributed by atoms with van der Waals surface area (Å²) in [7, 11) is 1.71. The van der Waals surface area contributed by atoms with E-state index in [0.29, 0.717) is 0 Å². The Morgan fingerprint density at radius 2 is 2.47 bits per heavy atom. The van der Waals surface area contributed by atoms with Gasteiger partial charge in [0.1, 0.15) is 0 Å². The second-order valence-corrected chi connectivity index (χ2v) is 4.87. The predicted molar refractivity (Wildman–Crippen MR) is 70.8 cm³/mol. The van der Waals surface area contributed by atoms with Crippen LogP contribution in [0.15, 0.2) is 23.7 Å². The molecule has 0 bridgehead atoms. The van der Waals surface area contributed by atoms with Crippen LogP contribution in [0.3, 0.4) is 0 Å². The van der Waals surface area contributed by atoms with Crippen LogP contribution in [0.25, 0.3) is 10.2 Å². The highest BCUT2D eigenvalue weighted by Gasteiger charge is 2.10. The van der Waals surface area contributed by atoms with Crippen LogP contribution in [0, 0.1) is 0 Å². The van der Waals surface area contributed by atoms with Crippen molar-refractivity contribution in [2.45, 2.75) is 18.9 Å². The monoisotopic (exact) mass is 251 g/mol. The fourth-order valence-corrected chi connectivity index (χ4v) is 2.62. The van der Waals surface area contributed by atoms with Crippen LogP contribution in [-0.4, -0.2) is 18.7 Å². The highest BCUT2D eigenvalue weighted by Crippen LogP contribution is 2.24. The van der Waals surface area contributed by atoms with Crippen molar-refractivity contribution < 1.29 is 4.74 Å². The molecular formula is C12H17N3OS. The first-order valence-corrected chi connectivity index (χ1v) is 6.51. The van der Waals surface area contributed by atoms with Gasteiger partial charge in [-0.15, -0.1) is 11.3 Å². The van der Waals surface area contributed by atoms with Crippen LogP contribution in [0.2, 0.25) is 0 Å². The van der Waals surface area contributed by atoms with Crippen molar-refractivity contribution in [3.8, 4) is 0 Å². The van der Waals surface area contributed by atoms with E-state index >= 15 is 0 Å². The van der Waals surface area contributed by atoms with E-state index in [1.807, 2.05) is 12.3 Å². The molecule has 2 rings (SSSR count). The van der Waals surface area contributed by atoms with Crippen molar-refractivity contribution in [1.29, 1.82) is 0 Å². The van der Waals surface area contributed by atoms with Crippen molar-refractivity contribution in [2.24, 2.45) is 5.84 Å². The molecule has 0 radical (unpaired) electrons. The quantitative estimate of drug-likeness (QED) is 0.469. The van der Waals surface area contributed by atoms with E-state index in [2.05, 4.69) is 21.9 Å². The number of methoxy groups -OCH3 is 1. The zero-order valence-corrected chi connectivity index (χ0v) is 10.7. The maximum absolute atomic E-state index is 5.59. The van der Waals surface area contributed by atoms with Gasteiger partial charge in [-0.1, -0.05) is 0 Å². The van der Waals surface area contributed by atoms with Crippen LogP contribution >= 0.6 is 11.3 Å². The topological polar surface area (TPSA) is 60.2 Å². The summed E-state index contributed by atoms with van der Waals surface area (Å²) in [5, 5.41) is 2.05. The van der Waals surface area contributed by atoms with Crippen LogP contribution in [0.4, 0.5) is 0 Å². The van der Waals surface area contributed by atoms with Gasteiger partial charge in [0.2, 0.25) is 0 Å². The van der Waals surface area contributed by atoms with Gasteiger partial charge in [-0.25, -0.2) is 0 Å². The lowest BCUT2D eigenvalue weighted by Gasteiger charge is -2.15. The largest absolute Gasteiger partial charge is 0.385 e. The van der Waals surface area contributed by atoms with Crippen molar-refractivity contribution in [3.63, 3.8) is 0 Å². The molecule has 4 nitrogen and oxygen atoms in total. The molecule has 2 aromatic rings. The second kappa shape index (κ2) is 6.07. The van der Waals surface area contributed by atoms with Gasteiger partial charge in [0.15, 0.2) is 0 Å². The van der Waals surface area contributed by atoms with Crippen LogP contribution in [-0.2, 0) is 4.74 Å². The van der Waals surface area contributed by atoms with Crippen molar-refractivity contribution >= 4 is 21.6 Å². The third-order valence-electron chi connectivity index (χ3n) is 2.77. The minimum atomic E-state index is 0.143. The zero-order valence-electron chi connectivity index (χ0n) is 9.85. The van der Waals surface area contributed by atoms with Crippen molar-refractivity contribution in [3.05, 3.63) is 29.3 Å². The van der Waals surface area contributed by atoms with Crippen molar-refractivity contribution in [2.75, 3.05) is 13.7 Å². The van der Waals surface area contributed by atoms with E-state index in [1.165, 1.54) is 4.70 Å². The number of pyridine rings is 1. The molecule has 1 atom stereocenters. The van der Waals surface area contributed by atoms with Gasteiger partial charge in [-0.2, -0.15) is 0 Å². The summed E-state index contributed by atoms with van der Waals surface area (Å²) >= 11 is 1.70. The molecule has 0 saturated heterocycles. The zero-order chi connectivity index (χ0) is 12.1. The number of rotatable bonds is 6. The van der Waals surface area contributed by atoms with Gasteiger partial charge in [-0.3, -0.25) is 16.3 Å². The number of nitrogens with one attached hydrogen (secondary N) is 1. The minimum Gasteiger partial charge on any atom is -0.385 e. The Bertz CT molecular complexity index is 471. The number of thiophene rings is 1. The lowest BCUT2D eigenvalue weighted by atomic mass is 10.0. The summed E-state index contributed by atoms with van der Waals surface area (Å²) in [6.45, 7) is 0.757. The highest BCUT2D eigenvalue weighted by molar-refractivity contribution is 7.17. The number of hydrazine groups is 1. The molecule has 5 heteroatoms. The molecule has 3 N–H and O–H groups in total. The van der Waals surface area contributed by atoms with E-state index in [0.717, 1.165) is 30.5 Å². The third kappa shape index (κ3) is 3.01. The summed E-state index contributed by atoms with van der Waals surface area (Å²) in [5.41, 5.74) is 5.03. The lowest BCUT2D eigenvalue weighted by Crippen LogP contribution is -2.28. The van der Waals surface area contributed by atoms with E-state index in [4.69, 9.17) is 10.6 Å². The number of fused-ring (bicyclic) bond motifs is 1. The van der Waals surface area contributed by atoms with Gasteiger partial charge >= 0.3 is 0 Å². The second-order valence-electron chi connectivity index (χ2n) is 3.93. The molecule has 0 spiro atoms. The Kier molecular flexibility index (Phi) is 4.44. The molecule has 0 fully saturated rings. The maximum atomic E-state index is 5.59. The summed E-state index contributed by atoms with van der Waals surface area (Å²) < 4.78 is 6.25. The Morgan fingerprint density at radius 1 is 1.59 bits per heavy atom. The Morgan fingerprint density at radius 3 is 3.24 bits per heavy atom. The Balaban J connectivity index is 2.11. The maximum Gasteiger partial charge on any atom is 0.0809 e. The normalized spacial score (nSPS) is 13.1. The Hall–Kier alpha value is -1.01. The third-order valence-corrected chi connectivity index (χ3v) is 3.62. The van der Waals surface area contributed by atoms with Gasteiger partial charge in [0.05, 0.1) is 10.2 Å². The molecule has 2 heterocycles. The molecular weight excluding hydrogens is 234 g/mol. The molecule has 0 aromatic carbocycles. The van der Waals surface area contributed by atoms with Gasteiger partial charge in [0.25, 0.3) is 0 Å². The van der Waals surface area contributed by atoms with Crippen LogP contribution in [0.5, 0.6) is 0 Å². The molecule has 0 amide bonds. The summed E-state index contributed by atoms with van der Waals surface area (Å²) in [6, 6.07) is 4.33. The molecule has 0 aliphatic rings. The smallest absolute Gasteiger partial charge is 0.0809 e. The SMILES string of the molecule is COCCCC(NN)c1cnc2ccsc2c1. The van der Waals surface area contributed by atoms with Gasteiger partial charge in [-0.05, 0) is 35.9 Å². The van der Waals surface area contributed by atoms with Gasteiger partial charge in [0, 0.05) is 26.0 Å². The van der Waals surface area contributed by atoms with Crippen LogP contribution < -0.4 is 11.3 Å². The number of hydrogen-bond acceptors (Lipinski definition) is 5. The highest BCUT2D eigenvalue weighted by atomic mass is 32.1. The fourth-order valence-electron chi connectivity index (χ4n) is 1.83. The number of ether oxygens (including phenoxy) is 1. The Labute approximate surface area is 105 Å². The van der Waals surface area contributed by atoms with Crippen LogP contribution in [0.1, 0.15) is 24.4 Å². The molecule has 2 aromatic heterocycles. The minimum absolute atomic E-state index is 0.143. The first-order valence-electron chi connectivity index (χ1n) is 5.63. The average Bonchev–Trinajstić information content (AvgIpc) is 2.82. The standard InChI is InChI=1S/C12H17N3OS/c1-16-5-2-3-10(15-13)9-7-12-11(14-8-9)4-6-17-12/h4,6-8,10,15H,2-3,5,13H2,1H3. The van der Waals surface area contributed by atoms with E-state index in [9.17, 15) is 0 Å². The predicted octanol–water partition coefficient (Wildman–Crippen LogP) is 2.23. The molecule has 0 aliphatic heterocycles.